The van der Waals surface area contributed by atoms with Crippen molar-refractivity contribution in [3.63, 3.8) is 0 Å². The molecule has 37 heavy (non-hydrogen) atoms. The molecule has 4 aromatic rings. The molecule has 0 saturated heterocycles. The number of hydrogen-bond acceptors (Lipinski definition) is 5. The van der Waals surface area contributed by atoms with Crippen LogP contribution in [0.1, 0.15) is 53.9 Å². The molecule has 5 rings (SSSR count). The fraction of sp³-hybridized carbons (Fsp3) is 0.286. The molecule has 0 bridgehead atoms. The van der Waals surface area contributed by atoms with Crippen molar-refractivity contribution in [3.8, 4) is 17.1 Å². The van der Waals surface area contributed by atoms with E-state index in [9.17, 15) is 18.7 Å². The first-order valence-corrected chi connectivity index (χ1v) is 12.2. The molecular weight excluding hydrogens is 498 g/mol. The fourth-order valence-electron chi connectivity index (χ4n) is 4.74. The first-order valence-electron chi connectivity index (χ1n) is 11.8. The summed E-state index contributed by atoms with van der Waals surface area (Å²) in [6.45, 7) is 6.65. The van der Waals surface area contributed by atoms with Crippen LogP contribution < -0.4 is 5.56 Å². The molecule has 3 heterocycles. The molecule has 1 aromatic carbocycles. The van der Waals surface area contributed by atoms with Gasteiger partial charge in [-0.1, -0.05) is 41.9 Å². The van der Waals surface area contributed by atoms with Crippen molar-refractivity contribution in [1.29, 1.82) is 0 Å². The Balaban J connectivity index is 1.59. The van der Waals surface area contributed by atoms with Crippen molar-refractivity contribution in [2.24, 2.45) is 0 Å². The van der Waals surface area contributed by atoms with Crippen LogP contribution >= 0.6 is 11.6 Å². The lowest BCUT2D eigenvalue weighted by Gasteiger charge is -2.17. The maximum Gasteiger partial charge on any atom is 0.274 e. The summed E-state index contributed by atoms with van der Waals surface area (Å²) in [5.41, 5.74) is 1.42. The second-order valence-corrected chi connectivity index (χ2v) is 10.3. The van der Waals surface area contributed by atoms with Crippen LogP contribution in [-0.4, -0.2) is 30.5 Å². The number of aryl methyl sites for hydroxylation is 2. The lowest BCUT2D eigenvalue weighted by Crippen LogP contribution is -2.23. The summed E-state index contributed by atoms with van der Waals surface area (Å²) in [6.07, 6.45) is 3.13. The number of nitrogens with zero attached hydrogens (tertiary/aromatic N) is 4. The van der Waals surface area contributed by atoms with E-state index in [-0.39, 0.29) is 16.4 Å². The van der Waals surface area contributed by atoms with Gasteiger partial charge in [-0.15, -0.1) is 0 Å². The summed E-state index contributed by atoms with van der Waals surface area (Å²) in [5, 5.41) is 10.1. The van der Waals surface area contributed by atoms with Crippen molar-refractivity contribution in [1.82, 2.24) is 19.5 Å². The summed E-state index contributed by atoms with van der Waals surface area (Å²) < 4.78 is 31.2. The van der Waals surface area contributed by atoms with Gasteiger partial charge in [0.1, 0.15) is 10.6 Å². The Kier molecular flexibility index (Phi) is 6.00. The highest BCUT2D eigenvalue weighted by molar-refractivity contribution is 6.31. The molecule has 0 amide bonds. The average Bonchev–Trinajstić information content (AvgIpc) is 3.44. The summed E-state index contributed by atoms with van der Waals surface area (Å²) in [4.78, 5) is 26.5. The van der Waals surface area contributed by atoms with Crippen LogP contribution in [0.4, 0.5) is 8.78 Å². The maximum atomic E-state index is 14.9. The summed E-state index contributed by atoms with van der Waals surface area (Å²) in [5.74, 6) is -4.97. The summed E-state index contributed by atoms with van der Waals surface area (Å²) in [7, 11) is 0. The SMILES string of the molecule is Cc1cnc(-c2ccnc(C(C)(C)O)n2)cc1-n1c(C)cc(C2[C@@H](c3ccccc3)C2(F)F)c(Cl)c1=O. The normalized spacial score (nSPS) is 18.6. The van der Waals surface area contributed by atoms with E-state index >= 15 is 0 Å². The molecule has 1 fully saturated rings. The van der Waals surface area contributed by atoms with Crippen molar-refractivity contribution in [2.75, 3.05) is 0 Å². The van der Waals surface area contributed by atoms with Crippen LogP contribution in [-0.2, 0) is 5.60 Å². The Hall–Kier alpha value is -3.49. The van der Waals surface area contributed by atoms with E-state index in [0.29, 0.717) is 33.9 Å². The number of hydrogen-bond donors (Lipinski definition) is 1. The zero-order valence-electron chi connectivity index (χ0n) is 20.7. The van der Waals surface area contributed by atoms with Crippen molar-refractivity contribution in [3.05, 3.63) is 105 Å². The van der Waals surface area contributed by atoms with E-state index < -0.39 is 28.9 Å². The minimum absolute atomic E-state index is 0.150. The number of aromatic nitrogens is 4. The van der Waals surface area contributed by atoms with Crippen molar-refractivity contribution < 1.29 is 13.9 Å². The molecule has 1 unspecified atom stereocenters. The number of pyridine rings is 2. The third-order valence-electron chi connectivity index (χ3n) is 6.69. The first kappa shape index (κ1) is 25.2. The van der Waals surface area contributed by atoms with Crippen LogP contribution in [0.2, 0.25) is 5.02 Å². The monoisotopic (exact) mass is 522 g/mol. The van der Waals surface area contributed by atoms with Gasteiger partial charge in [-0.05, 0) is 62.6 Å². The molecule has 1 aliphatic rings. The summed E-state index contributed by atoms with van der Waals surface area (Å²) >= 11 is 6.48. The highest BCUT2D eigenvalue weighted by atomic mass is 35.5. The molecule has 6 nitrogen and oxygen atoms in total. The molecule has 190 valence electrons. The molecule has 9 heteroatoms. The highest BCUT2D eigenvalue weighted by Gasteiger charge is 2.69. The molecule has 0 radical (unpaired) electrons. The van der Waals surface area contributed by atoms with Gasteiger partial charge in [0.15, 0.2) is 5.82 Å². The van der Waals surface area contributed by atoms with Gasteiger partial charge in [0, 0.05) is 18.1 Å². The molecule has 3 aromatic heterocycles. The second-order valence-electron chi connectivity index (χ2n) is 9.92. The Bertz CT molecular complexity index is 1570. The van der Waals surface area contributed by atoms with Crippen LogP contribution in [0.3, 0.4) is 0 Å². The van der Waals surface area contributed by atoms with E-state index in [2.05, 4.69) is 15.0 Å². The quantitative estimate of drug-likeness (QED) is 0.363. The zero-order valence-corrected chi connectivity index (χ0v) is 21.5. The summed E-state index contributed by atoms with van der Waals surface area (Å²) in [6, 6.07) is 13.5. The highest BCUT2D eigenvalue weighted by Crippen LogP contribution is 2.67. The van der Waals surface area contributed by atoms with Crippen LogP contribution in [0.15, 0.2) is 65.7 Å². The van der Waals surface area contributed by atoms with Crippen LogP contribution in [0.25, 0.3) is 17.1 Å². The Morgan fingerprint density at radius 1 is 1.03 bits per heavy atom. The average molecular weight is 523 g/mol. The molecule has 1 N–H and O–H groups in total. The third-order valence-corrected chi connectivity index (χ3v) is 7.07. The van der Waals surface area contributed by atoms with Gasteiger partial charge in [0.05, 0.1) is 28.9 Å². The van der Waals surface area contributed by atoms with Crippen LogP contribution in [0.5, 0.6) is 0 Å². The van der Waals surface area contributed by atoms with E-state index in [4.69, 9.17) is 11.6 Å². The van der Waals surface area contributed by atoms with Gasteiger partial charge in [0.2, 0.25) is 0 Å². The fourth-order valence-corrected chi connectivity index (χ4v) is 5.00. The predicted molar refractivity (Wildman–Crippen MR) is 137 cm³/mol. The Morgan fingerprint density at radius 2 is 1.73 bits per heavy atom. The number of halogens is 3. The van der Waals surface area contributed by atoms with Gasteiger partial charge in [-0.3, -0.25) is 14.3 Å². The van der Waals surface area contributed by atoms with Gasteiger partial charge in [-0.25, -0.2) is 18.7 Å². The van der Waals surface area contributed by atoms with Crippen molar-refractivity contribution >= 4 is 11.6 Å². The molecule has 0 aliphatic heterocycles. The largest absolute Gasteiger partial charge is 0.382 e. The maximum absolute atomic E-state index is 14.9. The zero-order chi connectivity index (χ0) is 26.7. The molecule has 0 spiro atoms. The van der Waals surface area contributed by atoms with Crippen molar-refractivity contribution in [2.45, 2.75) is 51.1 Å². The molecule has 1 saturated carbocycles. The van der Waals surface area contributed by atoms with Gasteiger partial charge >= 0.3 is 0 Å². The van der Waals surface area contributed by atoms with Gasteiger partial charge < -0.3 is 5.11 Å². The van der Waals surface area contributed by atoms with E-state index in [0.717, 1.165) is 0 Å². The molecule has 2 atom stereocenters. The minimum atomic E-state index is -3.00. The number of alkyl halides is 2. The third kappa shape index (κ3) is 4.34. The first-order chi connectivity index (χ1) is 17.4. The number of rotatable bonds is 5. The van der Waals surface area contributed by atoms with E-state index in [1.165, 1.54) is 10.8 Å². The predicted octanol–water partition coefficient (Wildman–Crippen LogP) is 5.70. The standard InChI is InChI=1S/C28H25ClF2N4O2/c1-15-14-33-20(19-10-11-32-26(34-19)27(3,4)37)13-21(15)35-16(2)12-18(24(29)25(35)36)23-22(28(23,30)31)17-8-6-5-7-9-17/h5-14,22-23,37H,1-4H3/t22-,23?/m1/s1. The molecule has 1 aliphatic carbocycles. The van der Waals surface area contributed by atoms with E-state index in [1.54, 1.807) is 82.4 Å². The topological polar surface area (TPSA) is 80.9 Å². The Labute approximate surface area is 217 Å². The second kappa shape index (κ2) is 8.82. The lowest BCUT2D eigenvalue weighted by molar-refractivity contribution is 0.0688. The minimum Gasteiger partial charge on any atom is -0.382 e. The number of benzene rings is 1. The smallest absolute Gasteiger partial charge is 0.274 e. The van der Waals surface area contributed by atoms with E-state index in [1.807, 2.05) is 0 Å². The van der Waals surface area contributed by atoms with Crippen LogP contribution in [0, 0.1) is 13.8 Å². The molecular formula is C28H25ClF2N4O2. The lowest BCUT2D eigenvalue weighted by atomic mass is 10.0. The van der Waals surface area contributed by atoms with Gasteiger partial charge in [-0.2, -0.15) is 0 Å². The number of aliphatic hydroxyl groups is 1. The Morgan fingerprint density at radius 3 is 2.41 bits per heavy atom. The van der Waals surface area contributed by atoms with Gasteiger partial charge in [0.25, 0.3) is 11.5 Å².